The summed E-state index contributed by atoms with van der Waals surface area (Å²) in [5.74, 6) is -1.15. The summed E-state index contributed by atoms with van der Waals surface area (Å²) in [7, 11) is 1.55. The fourth-order valence-electron chi connectivity index (χ4n) is 2.81. The molecule has 1 amide bonds. The summed E-state index contributed by atoms with van der Waals surface area (Å²) in [6.07, 6.45) is 1.39. The Labute approximate surface area is 173 Å². The number of amides is 1. The predicted molar refractivity (Wildman–Crippen MR) is 113 cm³/mol. The van der Waals surface area contributed by atoms with Crippen molar-refractivity contribution >= 4 is 29.6 Å². The van der Waals surface area contributed by atoms with Crippen LogP contribution in [0.3, 0.4) is 0 Å². The van der Waals surface area contributed by atoms with Crippen LogP contribution in [0.1, 0.15) is 15.9 Å². The Kier molecular flexibility index (Phi) is 6.32. The van der Waals surface area contributed by atoms with Crippen molar-refractivity contribution in [3.8, 4) is 16.9 Å². The molecule has 0 radical (unpaired) electrons. The molecule has 3 aromatic rings. The molecule has 0 bridgehead atoms. The van der Waals surface area contributed by atoms with Crippen LogP contribution in [0, 0.1) is 0 Å². The number of aliphatic carboxylic acids is 1. The van der Waals surface area contributed by atoms with Gasteiger partial charge in [-0.25, -0.2) is 4.79 Å². The molecule has 0 spiro atoms. The van der Waals surface area contributed by atoms with Gasteiger partial charge in [0, 0.05) is 21.7 Å². The maximum absolute atomic E-state index is 12.3. The summed E-state index contributed by atoms with van der Waals surface area (Å²) in [5.41, 5.74) is 2.17. The van der Waals surface area contributed by atoms with Gasteiger partial charge in [0.1, 0.15) is 11.4 Å². The second-order valence-electron chi connectivity index (χ2n) is 6.12. The molecule has 3 aromatic carbocycles. The SMILES string of the molecule is COc1ccc(/C=C(\NC(=O)c2ccccc2)C(=O)O)cc1-c1ccccc1Cl. The second-order valence-corrected chi connectivity index (χ2v) is 6.53. The molecule has 2 N–H and O–H groups in total. The van der Waals surface area contributed by atoms with Crippen molar-refractivity contribution in [3.05, 3.63) is 94.6 Å². The zero-order chi connectivity index (χ0) is 20.8. The van der Waals surface area contributed by atoms with Crippen LogP contribution in [0.25, 0.3) is 17.2 Å². The molecule has 0 heterocycles. The third kappa shape index (κ3) is 4.83. The van der Waals surface area contributed by atoms with E-state index < -0.39 is 11.9 Å². The topological polar surface area (TPSA) is 75.6 Å². The van der Waals surface area contributed by atoms with E-state index in [1.54, 1.807) is 61.7 Å². The van der Waals surface area contributed by atoms with Gasteiger partial charge in [0.15, 0.2) is 0 Å². The Morgan fingerprint density at radius 3 is 2.31 bits per heavy atom. The number of halogens is 1. The van der Waals surface area contributed by atoms with E-state index in [-0.39, 0.29) is 5.70 Å². The number of benzene rings is 3. The Morgan fingerprint density at radius 1 is 0.966 bits per heavy atom. The van der Waals surface area contributed by atoms with E-state index in [1.165, 1.54) is 6.08 Å². The van der Waals surface area contributed by atoms with Gasteiger partial charge in [0.05, 0.1) is 7.11 Å². The van der Waals surface area contributed by atoms with Crippen LogP contribution >= 0.6 is 11.6 Å². The lowest BCUT2D eigenvalue weighted by atomic mass is 10.0. The van der Waals surface area contributed by atoms with Gasteiger partial charge in [-0.1, -0.05) is 54.1 Å². The molecule has 0 saturated carbocycles. The van der Waals surface area contributed by atoms with Crippen molar-refractivity contribution in [2.75, 3.05) is 7.11 Å². The van der Waals surface area contributed by atoms with Crippen LogP contribution in [0.2, 0.25) is 5.02 Å². The minimum atomic E-state index is -1.25. The smallest absolute Gasteiger partial charge is 0.352 e. The molecule has 0 aliphatic carbocycles. The average molecular weight is 408 g/mol. The fraction of sp³-hybridized carbons (Fsp3) is 0.0435. The number of methoxy groups -OCH3 is 1. The van der Waals surface area contributed by atoms with Crippen molar-refractivity contribution in [2.24, 2.45) is 0 Å². The Bertz CT molecular complexity index is 1080. The number of nitrogens with one attached hydrogen (secondary N) is 1. The van der Waals surface area contributed by atoms with Gasteiger partial charge in [-0.2, -0.15) is 0 Å². The molecule has 6 heteroatoms. The highest BCUT2D eigenvalue weighted by atomic mass is 35.5. The van der Waals surface area contributed by atoms with E-state index in [9.17, 15) is 14.7 Å². The number of carbonyl (C=O) groups is 2. The Balaban J connectivity index is 1.98. The van der Waals surface area contributed by atoms with Gasteiger partial charge >= 0.3 is 5.97 Å². The lowest BCUT2D eigenvalue weighted by molar-refractivity contribution is -0.132. The van der Waals surface area contributed by atoms with Crippen molar-refractivity contribution in [2.45, 2.75) is 0 Å². The van der Waals surface area contributed by atoms with E-state index in [1.807, 2.05) is 18.2 Å². The quantitative estimate of drug-likeness (QED) is 0.571. The highest BCUT2D eigenvalue weighted by Gasteiger charge is 2.15. The first kappa shape index (κ1) is 20.2. The average Bonchev–Trinajstić information content (AvgIpc) is 2.74. The largest absolute Gasteiger partial charge is 0.496 e. The molecule has 0 aromatic heterocycles. The van der Waals surface area contributed by atoms with Crippen molar-refractivity contribution in [1.82, 2.24) is 5.32 Å². The number of ether oxygens (including phenoxy) is 1. The predicted octanol–water partition coefficient (Wildman–Crippen LogP) is 4.87. The number of carboxylic acid groups (broad SMARTS) is 1. The van der Waals surface area contributed by atoms with Crippen LogP contribution in [0.5, 0.6) is 5.75 Å². The minimum Gasteiger partial charge on any atom is -0.496 e. The van der Waals surface area contributed by atoms with Crippen molar-refractivity contribution < 1.29 is 19.4 Å². The number of rotatable bonds is 6. The molecule has 146 valence electrons. The summed E-state index contributed by atoms with van der Waals surface area (Å²) >= 11 is 6.31. The maximum Gasteiger partial charge on any atom is 0.352 e. The number of hydrogen-bond acceptors (Lipinski definition) is 3. The summed E-state index contributed by atoms with van der Waals surface area (Å²) < 4.78 is 5.42. The fourth-order valence-corrected chi connectivity index (χ4v) is 3.04. The maximum atomic E-state index is 12.3. The molecule has 0 saturated heterocycles. The molecule has 0 fully saturated rings. The van der Waals surface area contributed by atoms with Crippen LogP contribution in [-0.4, -0.2) is 24.1 Å². The van der Waals surface area contributed by atoms with Crippen molar-refractivity contribution in [1.29, 1.82) is 0 Å². The number of carbonyl (C=O) groups excluding carboxylic acids is 1. The van der Waals surface area contributed by atoms with E-state index >= 15 is 0 Å². The summed E-state index contributed by atoms with van der Waals surface area (Å²) in [4.78, 5) is 24.0. The first-order valence-electron chi connectivity index (χ1n) is 8.74. The van der Waals surface area contributed by atoms with Gasteiger partial charge in [-0.3, -0.25) is 4.79 Å². The second kappa shape index (κ2) is 9.08. The standard InChI is InChI=1S/C23H18ClNO4/c1-29-21-12-11-15(13-18(21)17-9-5-6-10-19(17)24)14-20(23(27)28)25-22(26)16-7-3-2-4-8-16/h2-14H,1H3,(H,25,26)(H,27,28)/b20-14-. The molecular formula is C23H18ClNO4. The third-order valence-corrected chi connectivity index (χ3v) is 4.54. The highest BCUT2D eigenvalue weighted by Crippen LogP contribution is 2.35. The van der Waals surface area contributed by atoms with Crippen LogP contribution < -0.4 is 10.1 Å². The van der Waals surface area contributed by atoms with E-state index in [0.29, 0.717) is 27.5 Å². The lowest BCUT2D eigenvalue weighted by Crippen LogP contribution is -2.27. The first-order valence-corrected chi connectivity index (χ1v) is 9.11. The molecular weight excluding hydrogens is 390 g/mol. The zero-order valence-electron chi connectivity index (χ0n) is 15.6. The molecule has 29 heavy (non-hydrogen) atoms. The Morgan fingerprint density at radius 2 is 1.66 bits per heavy atom. The number of hydrogen-bond donors (Lipinski definition) is 2. The third-order valence-electron chi connectivity index (χ3n) is 4.21. The summed E-state index contributed by atoms with van der Waals surface area (Å²) in [6.45, 7) is 0. The molecule has 0 unspecified atom stereocenters. The lowest BCUT2D eigenvalue weighted by Gasteiger charge is -2.12. The summed E-state index contributed by atoms with van der Waals surface area (Å²) in [6, 6.07) is 20.9. The van der Waals surface area contributed by atoms with E-state index in [0.717, 1.165) is 5.56 Å². The van der Waals surface area contributed by atoms with Gasteiger partial charge in [0.25, 0.3) is 5.91 Å². The van der Waals surface area contributed by atoms with E-state index in [2.05, 4.69) is 5.32 Å². The molecule has 5 nitrogen and oxygen atoms in total. The summed E-state index contributed by atoms with van der Waals surface area (Å²) in [5, 5.41) is 12.5. The molecule has 0 aliphatic heterocycles. The number of carboxylic acids is 1. The molecule has 0 atom stereocenters. The zero-order valence-corrected chi connectivity index (χ0v) is 16.3. The normalized spacial score (nSPS) is 11.0. The molecule has 0 aliphatic rings. The Hall–Kier alpha value is -3.57. The molecule has 3 rings (SSSR count). The first-order chi connectivity index (χ1) is 14.0. The van der Waals surface area contributed by atoms with E-state index in [4.69, 9.17) is 16.3 Å². The monoisotopic (exact) mass is 407 g/mol. The van der Waals surface area contributed by atoms with Gasteiger partial charge in [0.2, 0.25) is 0 Å². The van der Waals surface area contributed by atoms with Crippen LogP contribution in [-0.2, 0) is 4.79 Å². The van der Waals surface area contributed by atoms with Crippen LogP contribution in [0.4, 0.5) is 0 Å². The highest BCUT2D eigenvalue weighted by molar-refractivity contribution is 6.33. The van der Waals surface area contributed by atoms with Crippen molar-refractivity contribution in [3.63, 3.8) is 0 Å². The minimum absolute atomic E-state index is 0.242. The van der Waals surface area contributed by atoms with Gasteiger partial charge < -0.3 is 15.2 Å². The van der Waals surface area contributed by atoms with Gasteiger partial charge in [-0.05, 0) is 42.0 Å². The van der Waals surface area contributed by atoms with Gasteiger partial charge in [-0.15, -0.1) is 0 Å². The van der Waals surface area contributed by atoms with Crippen LogP contribution in [0.15, 0.2) is 78.5 Å².